The summed E-state index contributed by atoms with van der Waals surface area (Å²) in [7, 11) is 4.83. The van der Waals surface area contributed by atoms with Gasteiger partial charge in [0.1, 0.15) is 11.5 Å². The molecule has 0 radical (unpaired) electrons. The molecule has 0 N–H and O–H groups in total. The van der Waals surface area contributed by atoms with Gasteiger partial charge in [0.05, 0.1) is 25.5 Å². The smallest absolute Gasteiger partial charge is 0.255 e. The van der Waals surface area contributed by atoms with Crippen LogP contribution in [0.15, 0.2) is 53.6 Å². The van der Waals surface area contributed by atoms with Gasteiger partial charge in [-0.1, -0.05) is 0 Å². The molecular formula is C24H26N4O4. The Morgan fingerprint density at radius 2 is 1.88 bits per heavy atom. The summed E-state index contributed by atoms with van der Waals surface area (Å²) in [6.07, 6.45) is 4.92. The Bertz CT molecular complexity index is 1180. The quantitative estimate of drug-likeness (QED) is 0.551. The van der Waals surface area contributed by atoms with Crippen molar-refractivity contribution >= 4 is 11.7 Å². The molecule has 0 aliphatic carbocycles. The molecule has 4 rings (SSSR count). The average Bonchev–Trinajstić information content (AvgIpc) is 2.85. The van der Waals surface area contributed by atoms with Crippen molar-refractivity contribution < 1.29 is 14.3 Å². The van der Waals surface area contributed by atoms with Crippen LogP contribution in [0.3, 0.4) is 0 Å². The van der Waals surface area contributed by atoms with E-state index in [-0.39, 0.29) is 17.3 Å². The fraction of sp³-hybridized carbons (Fsp3) is 0.333. The van der Waals surface area contributed by atoms with Crippen LogP contribution in [0.5, 0.6) is 11.5 Å². The van der Waals surface area contributed by atoms with Gasteiger partial charge in [0.2, 0.25) is 5.95 Å². The number of benzene rings is 1. The van der Waals surface area contributed by atoms with Crippen molar-refractivity contribution in [3.8, 4) is 22.8 Å². The molecule has 1 fully saturated rings. The number of rotatable bonds is 6. The van der Waals surface area contributed by atoms with Crippen LogP contribution in [-0.4, -0.2) is 47.6 Å². The molecule has 0 amide bonds. The maximum Gasteiger partial charge on any atom is 0.255 e. The predicted molar refractivity (Wildman–Crippen MR) is 122 cm³/mol. The van der Waals surface area contributed by atoms with E-state index in [1.54, 1.807) is 51.9 Å². The van der Waals surface area contributed by atoms with Crippen molar-refractivity contribution in [1.82, 2.24) is 14.5 Å². The van der Waals surface area contributed by atoms with Crippen LogP contribution in [-0.2, 0) is 7.05 Å². The van der Waals surface area contributed by atoms with Crippen molar-refractivity contribution in [1.29, 1.82) is 0 Å². The van der Waals surface area contributed by atoms with Crippen LogP contribution in [0.2, 0.25) is 0 Å². The molecular weight excluding hydrogens is 408 g/mol. The number of ether oxygens (including phenoxy) is 2. The lowest BCUT2D eigenvalue weighted by molar-refractivity contribution is 0.0903. The molecule has 1 aliphatic rings. The first kappa shape index (κ1) is 21.5. The summed E-state index contributed by atoms with van der Waals surface area (Å²) in [6.45, 7) is 1.19. The first-order chi connectivity index (χ1) is 15.5. The van der Waals surface area contributed by atoms with Crippen molar-refractivity contribution in [3.05, 3.63) is 64.7 Å². The summed E-state index contributed by atoms with van der Waals surface area (Å²) in [6, 6.07) is 10.4. The number of aromatic nitrogens is 3. The van der Waals surface area contributed by atoms with Crippen molar-refractivity contribution in [3.63, 3.8) is 0 Å². The lowest BCUT2D eigenvalue weighted by atomic mass is 9.89. The summed E-state index contributed by atoms with van der Waals surface area (Å²) < 4.78 is 12.2. The Balaban J connectivity index is 1.65. The molecule has 166 valence electrons. The monoisotopic (exact) mass is 434 g/mol. The molecule has 1 aromatic carbocycles. The van der Waals surface area contributed by atoms with Gasteiger partial charge >= 0.3 is 0 Å². The SMILES string of the molecule is COc1ccc(OC)c(C(=O)C2CCCN(c3nc(-c4ccncc4)cc(=O)n3C)C2)c1. The lowest BCUT2D eigenvalue weighted by Gasteiger charge is -2.33. The second-order valence-electron chi connectivity index (χ2n) is 7.79. The van der Waals surface area contributed by atoms with Gasteiger partial charge < -0.3 is 14.4 Å². The molecule has 8 heteroatoms. The van der Waals surface area contributed by atoms with Gasteiger partial charge in [-0.25, -0.2) is 4.98 Å². The van der Waals surface area contributed by atoms with Gasteiger partial charge in [0.15, 0.2) is 5.78 Å². The minimum atomic E-state index is -0.244. The van der Waals surface area contributed by atoms with Crippen LogP contribution >= 0.6 is 0 Å². The molecule has 0 spiro atoms. The number of methoxy groups -OCH3 is 2. The molecule has 1 aliphatic heterocycles. The van der Waals surface area contributed by atoms with Crippen LogP contribution in [0, 0.1) is 5.92 Å². The van der Waals surface area contributed by atoms with Gasteiger partial charge in [0.25, 0.3) is 5.56 Å². The average molecular weight is 434 g/mol. The summed E-state index contributed by atoms with van der Waals surface area (Å²) in [5.41, 5.74) is 1.77. The topological polar surface area (TPSA) is 86.6 Å². The van der Waals surface area contributed by atoms with E-state index in [2.05, 4.69) is 4.98 Å². The minimum absolute atomic E-state index is 0.000684. The molecule has 1 atom stereocenters. The molecule has 3 heterocycles. The minimum Gasteiger partial charge on any atom is -0.497 e. The molecule has 2 aromatic heterocycles. The Morgan fingerprint density at radius 3 is 2.59 bits per heavy atom. The zero-order valence-corrected chi connectivity index (χ0v) is 18.4. The van der Waals surface area contributed by atoms with Gasteiger partial charge in [-0.05, 0) is 43.2 Å². The number of carbonyl (C=O) groups is 1. The van der Waals surface area contributed by atoms with Gasteiger partial charge in [0, 0.05) is 50.1 Å². The molecule has 3 aromatic rings. The second kappa shape index (κ2) is 9.21. The number of piperidine rings is 1. The van der Waals surface area contributed by atoms with E-state index in [0.717, 1.165) is 24.9 Å². The maximum atomic E-state index is 13.4. The first-order valence-electron chi connectivity index (χ1n) is 10.5. The van der Waals surface area contributed by atoms with E-state index in [0.29, 0.717) is 35.2 Å². The highest BCUT2D eigenvalue weighted by Crippen LogP contribution is 2.30. The predicted octanol–water partition coefficient (Wildman–Crippen LogP) is 2.96. The third-order valence-electron chi connectivity index (χ3n) is 5.83. The number of anilines is 1. The maximum absolute atomic E-state index is 13.4. The third kappa shape index (κ3) is 4.21. The third-order valence-corrected chi connectivity index (χ3v) is 5.83. The molecule has 1 unspecified atom stereocenters. The number of hydrogen-bond acceptors (Lipinski definition) is 7. The summed E-state index contributed by atoms with van der Waals surface area (Å²) in [4.78, 5) is 36.9. The van der Waals surface area contributed by atoms with Crippen LogP contribution < -0.4 is 19.9 Å². The van der Waals surface area contributed by atoms with E-state index in [4.69, 9.17) is 14.5 Å². The van der Waals surface area contributed by atoms with Crippen LogP contribution in [0.4, 0.5) is 5.95 Å². The van der Waals surface area contributed by atoms with E-state index < -0.39 is 0 Å². The van der Waals surface area contributed by atoms with E-state index in [1.807, 2.05) is 17.0 Å². The Labute approximate surface area is 186 Å². The van der Waals surface area contributed by atoms with E-state index in [1.165, 1.54) is 10.6 Å². The van der Waals surface area contributed by atoms with Crippen LogP contribution in [0.25, 0.3) is 11.3 Å². The molecule has 0 bridgehead atoms. The molecule has 0 saturated carbocycles. The van der Waals surface area contributed by atoms with Crippen molar-refractivity contribution in [2.75, 3.05) is 32.2 Å². The van der Waals surface area contributed by atoms with Crippen molar-refractivity contribution in [2.24, 2.45) is 13.0 Å². The highest BCUT2D eigenvalue weighted by Gasteiger charge is 2.30. The number of ketones is 1. The zero-order chi connectivity index (χ0) is 22.7. The normalized spacial score (nSPS) is 16.0. The van der Waals surface area contributed by atoms with Crippen LogP contribution in [0.1, 0.15) is 23.2 Å². The first-order valence-corrected chi connectivity index (χ1v) is 10.5. The highest BCUT2D eigenvalue weighted by atomic mass is 16.5. The van der Waals surface area contributed by atoms with E-state index in [9.17, 15) is 9.59 Å². The molecule has 1 saturated heterocycles. The summed E-state index contributed by atoms with van der Waals surface area (Å²) in [5.74, 6) is 1.44. The molecule has 8 nitrogen and oxygen atoms in total. The fourth-order valence-electron chi connectivity index (χ4n) is 4.08. The largest absolute Gasteiger partial charge is 0.497 e. The van der Waals surface area contributed by atoms with Gasteiger partial charge in [-0.2, -0.15) is 0 Å². The van der Waals surface area contributed by atoms with Crippen molar-refractivity contribution in [2.45, 2.75) is 12.8 Å². The Kier molecular flexibility index (Phi) is 6.20. The standard InChI is InChI=1S/C24H26N4O4/c1-27-22(29)14-20(16-8-10-25-11-9-16)26-24(27)28-12-4-5-17(15-28)23(30)19-13-18(31-2)6-7-21(19)32-3/h6-11,13-14,17H,4-5,12,15H2,1-3H3. The fourth-order valence-corrected chi connectivity index (χ4v) is 4.08. The Morgan fingerprint density at radius 1 is 1.09 bits per heavy atom. The van der Waals surface area contributed by atoms with Gasteiger partial charge in [-0.15, -0.1) is 0 Å². The summed E-state index contributed by atoms with van der Waals surface area (Å²) >= 11 is 0. The number of Topliss-reactive ketones (excluding diaryl/α,β-unsaturated/α-hetero) is 1. The summed E-state index contributed by atoms with van der Waals surface area (Å²) in [5, 5.41) is 0. The van der Waals surface area contributed by atoms with Gasteiger partial charge in [-0.3, -0.25) is 19.1 Å². The lowest BCUT2D eigenvalue weighted by Crippen LogP contribution is -2.42. The van der Waals surface area contributed by atoms with E-state index >= 15 is 0 Å². The second-order valence-corrected chi connectivity index (χ2v) is 7.79. The number of hydrogen-bond donors (Lipinski definition) is 0. The number of carbonyl (C=O) groups excluding carboxylic acids is 1. The highest BCUT2D eigenvalue weighted by molar-refractivity contribution is 6.01. The molecule has 32 heavy (non-hydrogen) atoms. The number of pyridine rings is 1. The zero-order valence-electron chi connectivity index (χ0n) is 18.4. The number of nitrogens with zero attached hydrogens (tertiary/aromatic N) is 4. The Hall–Kier alpha value is -3.68.